The molecule has 1 fully saturated rings. The Bertz CT molecular complexity index is 496. The number of hydrazone groups is 1. The number of rotatable bonds is 1. The maximum absolute atomic E-state index is 11.5. The fourth-order valence-electron chi connectivity index (χ4n) is 2.35. The molecule has 0 N–H and O–H groups in total. The molecular formula is C13H14N2O2. The van der Waals surface area contributed by atoms with Crippen molar-refractivity contribution in [2.24, 2.45) is 5.10 Å². The minimum Gasteiger partial charge on any atom is -0.446 e. The second kappa shape index (κ2) is 3.87. The number of carbonyl (C=O) groups is 1. The molecule has 0 radical (unpaired) electrons. The molecule has 4 heteroatoms. The summed E-state index contributed by atoms with van der Waals surface area (Å²) < 4.78 is 4.99. The van der Waals surface area contributed by atoms with E-state index in [0.29, 0.717) is 6.61 Å². The van der Waals surface area contributed by atoms with Gasteiger partial charge < -0.3 is 4.74 Å². The smallest absolute Gasteiger partial charge is 0.430 e. The van der Waals surface area contributed by atoms with Crippen LogP contribution in [0.5, 0.6) is 0 Å². The molecule has 0 spiro atoms. The molecule has 0 aromatic heterocycles. The minimum atomic E-state index is -0.319. The SMILES string of the molecule is Cc1ccccc1C1=NN2C(=O)OCC2CC1. The number of amides is 1. The van der Waals surface area contributed by atoms with Crippen molar-refractivity contribution in [3.8, 4) is 0 Å². The van der Waals surface area contributed by atoms with E-state index in [1.165, 1.54) is 10.6 Å². The Balaban J connectivity index is 1.97. The zero-order chi connectivity index (χ0) is 11.8. The second-order valence-electron chi connectivity index (χ2n) is 4.48. The first-order chi connectivity index (χ1) is 8.25. The van der Waals surface area contributed by atoms with E-state index in [0.717, 1.165) is 24.1 Å². The molecule has 0 aliphatic carbocycles. The Kier molecular flexibility index (Phi) is 2.35. The molecule has 1 saturated heterocycles. The van der Waals surface area contributed by atoms with Gasteiger partial charge in [0.15, 0.2) is 0 Å². The van der Waals surface area contributed by atoms with Gasteiger partial charge in [-0.25, -0.2) is 4.79 Å². The van der Waals surface area contributed by atoms with Gasteiger partial charge in [-0.1, -0.05) is 24.3 Å². The molecule has 2 aliphatic rings. The van der Waals surface area contributed by atoms with E-state index in [4.69, 9.17) is 4.74 Å². The molecule has 2 heterocycles. The Labute approximate surface area is 99.9 Å². The maximum atomic E-state index is 11.5. The third-order valence-corrected chi connectivity index (χ3v) is 3.33. The van der Waals surface area contributed by atoms with Crippen LogP contribution < -0.4 is 0 Å². The van der Waals surface area contributed by atoms with Crippen molar-refractivity contribution < 1.29 is 9.53 Å². The van der Waals surface area contributed by atoms with Gasteiger partial charge in [0, 0.05) is 5.56 Å². The molecule has 88 valence electrons. The predicted molar refractivity (Wildman–Crippen MR) is 63.9 cm³/mol. The molecule has 0 saturated carbocycles. The van der Waals surface area contributed by atoms with Crippen molar-refractivity contribution in [1.82, 2.24) is 5.01 Å². The Morgan fingerprint density at radius 1 is 1.41 bits per heavy atom. The number of aryl methyl sites for hydroxylation is 1. The lowest BCUT2D eigenvalue weighted by Gasteiger charge is -2.23. The van der Waals surface area contributed by atoms with Crippen LogP contribution in [0.3, 0.4) is 0 Å². The van der Waals surface area contributed by atoms with Crippen molar-refractivity contribution in [2.75, 3.05) is 6.61 Å². The number of fused-ring (bicyclic) bond motifs is 1. The summed E-state index contributed by atoms with van der Waals surface area (Å²) in [6.45, 7) is 2.54. The monoisotopic (exact) mass is 230 g/mol. The summed E-state index contributed by atoms with van der Waals surface area (Å²) in [5.74, 6) is 0. The van der Waals surface area contributed by atoms with Crippen LogP contribution >= 0.6 is 0 Å². The van der Waals surface area contributed by atoms with E-state index >= 15 is 0 Å². The van der Waals surface area contributed by atoms with E-state index in [9.17, 15) is 4.79 Å². The predicted octanol–water partition coefficient (Wildman–Crippen LogP) is 2.31. The van der Waals surface area contributed by atoms with Crippen LogP contribution in [0, 0.1) is 6.92 Å². The Morgan fingerprint density at radius 2 is 2.24 bits per heavy atom. The molecule has 2 aliphatic heterocycles. The molecule has 0 bridgehead atoms. The number of ether oxygens (including phenoxy) is 1. The molecule has 1 unspecified atom stereocenters. The van der Waals surface area contributed by atoms with Crippen LogP contribution in [0.15, 0.2) is 29.4 Å². The van der Waals surface area contributed by atoms with Gasteiger partial charge in [0.2, 0.25) is 0 Å². The van der Waals surface area contributed by atoms with Crippen LogP contribution in [-0.2, 0) is 4.74 Å². The van der Waals surface area contributed by atoms with Crippen molar-refractivity contribution >= 4 is 11.8 Å². The molecular weight excluding hydrogens is 216 g/mol. The Morgan fingerprint density at radius 3 is 3.06 bits per heavy atom. The number of carbonyl (C=O) groups excluding carboxylic acids is 1. The quantitative estimate of drug-likeness (QED) is 0.743. The summed E-state index contributed by atoms with van der Waals surface area (Å²) in [5, 5.41) is 5.92. The lowest BCUT2D eigenvalue weighted by atomic mass is 9.98. The van der Waals surface area contributed by atoms with Gasteiger partial charge in [-0.3, -0.25) is 0 Å². The van der Waals surface area contributed by atoms with E-state index < -0.39 is 0 Å². The summed E-state index contributed by atoms with van der Waals surface area (Å²) in [5.41, 5.74) is 3.31. The van der Waals surface area contributed by atoms with E-state index in [1.54, 1.807) is 0 Å². The van der Waals surface area contributed by atoms with Gasteiger partial charge in [0.1, 0.15) is 6.61 Å². The minimum absolute atomic E-state index is 0.135. The van der Waals surface area contributed by atoms with Crippen molar-refractivity contribution in [1.29, 1.82) is 0 Å². The fraction of sp³-hybridized carbons (Fsp3) is 0.385. The summed E-state index contributed by atoms with van der Waals surface area (Å²) in [7, 11) is 0. The third kappa shape index (κ3) is 1.69. The van der Waals surface area contributed by atoms with Crippen molar-refractivity contribution in [3.05, 3.63) is 35.4 Å². The molecule has 1 amide bonds. The van der Waals surface area contributed by atoms with Crippen molar-refractivity contribution in [2.45, 2.75) is 25.8 Å². The molecule has 1 aromatic carbocycles. The first kappa shape index (κ1) is 10.3. The van der Waals surface area contributed by atoms with Crippen LogP contribution in [0.4, 0.5) is 4.79 Å². The second-order valence-corrected chi connectivity index (χ2v) is 4.48. The number of cyclic esters (lactones) is 1. The molecule has 17 heavy (non-hydrogen) atoms. The van der Waals surface area contributed by atoms with Gasteiger partial charge in [-0.2, -0.15) is 10.1 Å². The zero-order valence-corrected chi connectivity index (χ0v) is 9.72. The summed E-state index contributed by atoms with van der Waals surface area (Å²) in [4.78, 5) is 11.5. The average Bonchev–Trinajstić information content (AvgIpc) is 2.71. The number of benzene rings is 1. The van der Waals surface area contributed by atoms with Gasteiger partial charge in [0.05, 0.1) is 11.8 Å². The maximum Gasteiger partial charge on any atom is 0.430 e. The molecule has 1 atom stereocenters. The van der Waals surface area contributed by atoms with Gasteiger partial charge in [0.25, 0.3) is 0 Å². The van der Waals surface area contributed by atoms with Crippen LogP contribution in [0.1, 0.15) is 24.0 Å². The highest BCUT2D eigenvalue weighted by molar-refractivity contribution is 6.02. The van der Waals surface area contributed by atoms with Gasteiger partial charge >= 0.3 is 6.09 Å². The zero-order valence-electron chi connectivity index (χ0n) is 9.72. The normalized spacial score (nSPS) is 23.1. The molecule has 1 aromatic rings. The highest BCUT2D eigenvalue weighted by atomic mass is 16.6. The first-order valence-corrected chi connectivity index (χ1v) is 5.85. The Hall–Kier alpha value is -1.84. The average molecular weight is 230 g/mol. The number of nitrogens with zero attached hydrogens (tertiary/aromatic N) is 2. The van der Waals surface area contributed by atoms with E-state index in [2.05, 4.69) is 24.2 Å². The lowest BCUT2D eigenvalue weighted by molar-refractivity contribution is 0.158. The van der Waals surface area contributed by atoms with E-state index in [1.807, 2.05) is 12.1 Å². The standard InChI is InChI=1S/C13H14N2O2/c1-9-4-2-3-5-11(9)12-7-6-10-8-17-13(16)15(10)14-12/h2-5,10H,6-8H2,1H3. The summed E-state index contributed by atoms with van der Waals surface area (Å²) in [6, 6.07) is 8.26. The van der Waals surface area contributed by atoms with E-state index in [-0.39, 0.29) is 12.1 Å². The van der Waals surface area contributed by atoms with Gasteiger partial charge in [-0.15, -0.1) is 0 Å². The van der Waals surface area contributed by atoms with Crippen molar-refractivity contribution in [3.63, 3.8) is 0 Å². The van der Waals surface area contributed by atoms with Crippen LogP contribution in [-0.4, -0.2) is 29.5 Å². The molecule has 3 rings (SSSR count). The largest absolute Gasteiger partial charge is 0.446 e. The molecule has 4 nitrogen and oxygen atoms in total. The number of hydrogen-bond donors (Lipinski definition) is 0. The summed E-state index contributed by atoms with van der Waals surface area (Å²) in [6.07, 6.45) is 1.52. The summed E-state index contributed by atoms with van der Waals surface area (Å²) >= 11 is 0. The first-order valence-electron chi connectivity index (χ1n) is 5.85. The van der Waals surface area contributed by atoms with Gasteiger partial charge in [-0.05, 0) is 25.3 Å². The van der Waals surface area contributed by atoms with Crippen LogP contribution in [0.2, 0.25) is 0 Å². The third-order valence-electron chi connectivity index (χ3n) is 3.33. The lowest BCUT2D eigenvalue weighted by Crippen LogP contribution is -2.34. The fourth-order valence-corrected chi connectivity index (χ4v) is 2.35. The van der Waals surface area contributed by atoms with Crippen LogP contribution in [0.25, 0.3) is 0 Å². The number of hydrogen-bond acceptors (Lipinski definition) is 3. The highest BCUT2D eigenvalue weighted by Gasteiger charge is 2.36. The highest BCUT2D eigenvalue weighted by Crippen LogP contribution is 2.25. The topological polar surface area (TPSA) is 41.9 Å².